The van der Waals surface area contributed by atoms with Gasteiger partial charge in [-0.2, -0.15) is 0 Å². The Morgan fingerprint density at radius 1 is 1.43 bits per heavy atom. The summed E-state index contributed by atoms with van der Waals surface area (Å²) in [5.74, 6) is 0. The summed E-state index contributed by atoms with van der Waals surface area (Å²) >= 11 is 1.58. The monoisotopic (exact) mass is 204 g/mol. The molecule has 0 spiro atoms. The van der Waals surface area contributed by atoms with Crippen LogP contribution in [0.1, 0.15) is 32.6 Å². The van der Waals surface area contributed by atoms with Crippen molar-refractivity contribution < 1.29 is 0 Å². The van der Waals surface area contributed by atoms with E-state index >= 15 is 0 Å². The van der Waals surface area contributed by atoms with E-state index in [9.17, 15) is 0 Å². The molecule has 0 bridgehead atoms. The van der Waals surface area contributed by atoms with Gasteiger partial charge in [-0.05, 0) is 0 Å². The fourth-order valence-corrected chi connectivity index (χ4v) is 1.08. The van der Waals surface area contributed by atoms with Gasteiger partial charge in [-0.25, -0.2) is 0 Å². The van der Waals surface area contributed by atoms with Gasteiger partial charge in [0.1, 0.15) is 0 Å². The molecule has 0 N–H and O–H groups in total. The first-order valence-corrected chi connectivity index (χ1v) is 4.55. The van der Waals surface area contributed by atoms with Gasteiger partial charge in [0.15, 0.2) is 0 Å². The van der Waals surface area contributed by atoms with Crippen LogP contribution in [0.25, 0.3) is 0 Å². The Hall–Kier alpha value is 0.669. The minimum absolute atomic E-state index is 1.34. The van der Waals surface area contributed by atoms with E-state index in [2.05, 4.69) is 10.9 Å². The molecule has 0 rings (SSSR count). The molecular formula is C6H12Sn. The quantitative estimate of drug-likeness (QED) is 0.480. The number of rotatable bonds is 4. The van der Waals surface area contributed by atoms with Gasteiger partial charge < -0.3 is 0 Å². The van der Waals surface area contributed by atoms with Gasteiger partial charge in [0.05, 0.1) is 0 Å². The molecular weight excluding hydrogens is 191 g/mol. The fourth-order valence-electron chi connectivity index (χ4n) is 0.496. The average molecular weight is 203 g/mol. The Bertz CT molecular complexity index is 41.4. The SMILES string of the molecule is CCCCC[CH]=[Sn]. The van der Waals surface area contributed by atoms with Crippen molar-refractivity contribution >= 4 is 26.1 Å². The van der Waals surface area contributed by atoms with Crippen LogP contribution < -0.4 is 0 Å². The van der Waals surface area contributed by atoms with E-state index < -0.39 is 0 Å². The first-order chi connectivity index (χ1) is 3.41. The zero-order valence-corrected chi connectivity index (χ0v) is 7.76. The topological polar surface area (TPSA) is 0 Å². The van der Waals surface area contributed by atoms with Crippen molar-refractivity contribution in [3.05, 3.63) is 0 Å². The van der Waals surface area contributed by atoms with E-state index in [1.165, 1.54) is 25.7 Å². The second-order valence-corrected chi connectivity index (χ2v) is 2.87. The molecule has 0 amide bonds. The van der Waals surface area contributed by atoms with E-state index in [-0.39, 0.29) is 0 Å². The zero-order valence-electron chi connectivity index (χ0n) is 4.91. The van der Waals surface area contributed by atoms with E-state index in [0.29, 0.717) is 0 Å². The van der Waals surface area contributed by atoms with Gasteiger partial charge in [0.2, 0.25) is 0 Å². The Morgan fingerprint density at radius 3 is 2.57 bits per heavy atom. The van der Waals surface area contributed by atoms with Crippen LogP contribution in [-0.4, -0.2) is 26.1 Å². The summed E-state index contributed by atoms with van der Waals surface area (Å²) < 4.78 is 2.32. The molecule has 0 saturated carbocycles. The van der Waals surface area contributed by atoms with Crippen molar-refractivity contribution in [2.75, 3.05) is 0 Å². The van der Waals surface area contributed by atoms with Gasteiger partial charge in [-0.3, -0.25) is 0 Å². The van der Waals surface area contributed by atoms with Crippen LogP contribution in [0.3, 0.4) is 0 Å². The van der Waals surface area contributed by atoms with Crippen LogP contribution in [0.15, 0.2) is 0 Å². The first kappa shape index (κ1) is 7.67. The second kappa shape index (κ2) is 6.67. The van der Waals surface area contributed by atoms with Gasteiger partial charge in [0.25, 0.3) is 0 Å². The van der Waals surface area contributed by atoms with Crippen molar-refractivity contribution in [1.29, 1.82) is 0 Å². The second-order valence-electron chi connectivity index (χ2n) is 1.70. The average Bonchev–Trinajstić information content (AvgIpc) is 1.69. The van der Waals surface area contributed by atoms with Crippen LogP contribution in [0.5, 0.6) is 0 Å². The minimum atomic E-state index is 1.34. The van der Waals surface area contributed by atoms with E-state index in [4.69, 9.17) is 0 Å². The molecule has 0 fully saturated rings. The Morgan fingerprint density at radius 2 is 2.14 bits per heavy atom. The summed E-state index contributed by atoms with van der Waals surface area (Å²) in [5, 5.41) is 0. The summed E-state index contributed by atoms with van der Waals surface area (Å²) in [4.78, 5) is 0. The molecule has 0 atom stereocenters. The van der Waals surface area contributed by atoms with Crippen molar-refractivity contribution in [2.45, 2.75) is 32.6 Å². The van der Waals surface area contributed by atoms with Gasteiger partial charge in [-0.15, -0.1) is 0 Å². The molecule has 0 aliphatic carbocycles. The summed E-state index contributed by atoms with van der Waals surface area (Å²) in [6.07, 6.45) is 5.50. The standard InChI is InChI=1S/C6H12.Sn/c1-3-5-6-4-2;/h1H,3-6H2,2H3;. The molecule has 0 unspecified atom stereocenters. The molecule has 0 aromatic carbocycles. The zero-order chi connectivity index (χ0) is 5.54. The van der Waals surface area contributed by atoms with Gasteiger partial charge >= 0.3 is 58.7 Å². The Kier molecular flexibility index (Phi) is 7.31. The first-order valence-electron chi connectivity index (χ1n) is 2.90. The normalized spacial score (nSPS) is 8.71. The molecule has 0 saturated heterocycles. The molecule has 0 heterocycles. The Labute approximate surface area is 58.9 Å². The van der Waals surface area contributed by atoms with Crippen LogP contribution in [0, 0.1) is 0 Å². The van der Waals surface area contributed by atoms with Gasteiger partial charge in [0, 0.05) is 0 Å². The van der Waals surface area contributed by atoms with Crippen molar-refractivity contribution in [1.82, 2.24) is 0 Å². The number of hydrogen-bond acceptors (Lipinski definition) is 0. The third kappa shape index (κ3) is 6.67. The van der Waals surface area contributed by atoms with E-state index in [0.717, 1.165) is 0 Å². The number of unbranched alkanes of at least 4 members (excludes halogenated alkanes) is 3. The van der Waals surface area contributed by atoms with Gasteiger partial charge in [-0.1, -0.05) is 0 Å². The predicted molar refractivity (Wildman–Crippen MR) is 36.0 cm³/mol. The van der Waals surface area contributed by atoms with Crippen molar-refractivity contribution in [2.24, 2.45) is 0 Å². The van der Waals surface area contributed by atoms with Crippen molar-refractivity contribution in [3.8, 4) is 0 Å². The van der Waals surface area contributed by atoms with Crippen LogP contribution in [-0.2, 0) is 0 Å². The molecule has 0 aromatic rings. The third-order valence-corrected chi connectivity index (χ3v) is 1.78. The number of hydrogen-bond donors (Lipinski definition) is 0. The van der Waals surface area contributed by atoms with Crippen LogP contribution in [0.2, 0.25) is 0 Å². The van der Waals surface area contributed by atoms with Crippen LogP contribution >= 0.6 is 0 Å². The Balaban J connectivity index is 2.56. The fraction of sp³-hybridized carbons (Fsp3) is 0.833. The van der Waals surface area contributed by atoms with Crippen molar-refractivity contribution in [3.63, 3.8) is 0 Å². The van der Waals surface area contributed by atoms with Crippen LogP contribution in [0.4, 0.5) is 0 Å². The molecule has 0 nitrogen and oxygen atoms in total. The maximum atomic E-state index is 2.32. The third-order valence-electron chi connectivity index (χ3n) is 0.952. The summed E-state index contributed by atoms with van der Waals surface area (Å²) in [5.41, 5.74) is 0. The molecule has 40 valence electrons. The molecule has 7 heavy (non-hydrogen) atoms. The maximum absolute atomic E-state index is 2.32. The summed E-state index contributed by atoms with van der Waals surface area (Å²) in [7, 11) is 0. The summed E-state index contributed by atoms with van der Waals surface area (Å²) in [6.45, 7) is 2.24. The molecule has 0 aliphatic heterocycles. The molecule has 0 aromatic heterocycles. The summed E-state index contributed by atoms with van der Waals surface area (Å²) in [6, 6.07) is 0. The molecule has 0 aliphatic rings. The molecule has 1 heteroatoms. The van der Waals surface area contributed by atoms with E-state index in [1.54, 1.807) is 22.1 Å². The predicted octanol–water partition coefficient (Wildman–Crippen LogP) is 1.54. The molecule has 2 radical (unpaired) electrons. The van der Waals surface area contributed by atoms with E-state index in [1.807, 2.05) is 0 Å².